The van der Waals surface area contributed by atoms with E-state index in [2.05, 4.69) is 11.0 Å². The van der Waals surface area contributed by atoms with Crippen LogP contribution in [0.15, 0.2) is 42.5 Å². The van der Waals surface area contributed by atoms with Crippen molar-refractivity contribution in [3.63, 3.8) is 0 Å². The molecule has 0 aliphatic carbocycles. The Bertz CT molecular complexity index is 1150. The van der Waals surface area contributed by atoms with Crippen LogP contribution in [0.3, 0.4) is 0 Å². The van der Waals surface area contributed by atoms with E-state index in [1.165, 1.54) is 0 Å². The Kier molecular flexibility index (Phi) is 7.39. The van der Waals surface area contributed by atoms with Gasteiger partial charge in [0.25, 0.3) is 0 Å². The average Bonchev–Trinajstić information content (AvgIpc) is 2.85. The van der Waals surface area contributed by atoms with Gasteiger partial charge in [0.05, 0.1) is 18.2 Å². The maximum absolute atomic E-state index is 12.9. The maximum atomic E-state index is 12.9. The average molecular weight is 491 g/mol. The number of rotatable bonds is 3. The summed E-state index contributed by atoms with van der Waals surface area (Å²) in [7, 11) is 0. The van der Waals surface area contributed by atoms with Gasteiger partial charge in [-0.2, -0.15) is 5.26 Å². The minimum Gasteiger partial charge on any atom is -0.445 e. The standard InChI is InChI=1S/C28H34N4O4/c1-20-17-30(14-15-32(20)27(34)36-28(2,3)4)25-11-10-22(16-29)23-12-13-31(18-24(23)25)26(33)35-19-21-8-6-5-7-9-21/h5-11,20H,12-15,17-19H2,1-4H3/t20-/m1/s1. The summed E-state index contributed by atoms with van der Waals surface area (Å²) in [4.78, 5) is 31.2. The van der Waals surface area contributed by atoms with Gasteiger partial charge in [-0.25, -0.2) is 9.59 Å². The number of ether oxygens (including phenoxy) is 2. The second-order valence-corrected chi connectivity index (χ2v) is 10.4. The van der Waals surface area contributed by atoms with Gasteiger partial charge in [0.2, 0.25) is 0 Å². The smallest absolute Gasteiger partial charge is 0.410 e. The van der Waals surface area contributed by atoms with E-state index in [1.807, 2.05) is 70.2 Å². The third-order valence-corrected chi connectivity index (χ3v) is 6.57. The maximum Gasteiger partial charge on any atom is 0.410 e. The van der Waals surface area contributed by atoms with Gasteiger partial charge in [-0.3, -0.25) is 0 Å². The third kappa shape index (κ3) is 5.73. The fourth-order valence-corrected chi connectivity index (χ4v) is 4.79. The van der Waals surface area contributed by atoms with E-state index >= 15 is 0 Å². The van der Waals surface area contributed by atoms with Crippen LogP contribution in [0.4, 0.5) is 15.3 Å². The Morgan fingerprint density at radius 2 is 1.78 bits per heavy atom. The largest absolute Gasteiger partial charge is 0.445 e. The number of piperazine rings is 1. The van der Waals surface area contributed by atoms with E-state index in [0.717, 1.165) is 22.4 Å². The summed E-state index contributed by atoms with van der Waals surface area (Å²) in [5.74, 6) is 0. The molecular weight excluding hydrogens is 456 g/mol. The van der Waals surface area contributed by atoms with E-state index in [4.69, 9.17) is 9.47 Å². The molecule has 2 aromatic rings. The lowest BCUT2D eigenvalue weighted by molar-refractivity contribution is 0.0158. The number of amides is 2. The number of hydrogen-bond donors (Lipinski definition) is 0. The van der Waals surface area contributed by atoms with Gasteiger partial charge < -0.3 is 24.2 Å². The number of carbonyl (C=O) groups excluding carboxylic acids is 2. The summed E-state index contributed by atoms with van der Waals surface area (Å²) < 4.78 is 11.2. The minimum atomic E-state index is -0.543. The van der Waals surface area contributed by atoms with Crippen LogP contribution in [0.25, 0.3) is 0 Å². The molecule has 2 aliphatic heterocycles. The first-order valence-corrected chi connectivity index (χ1v) is 12.4. The van der Waals surface area contributed by atoms with Crippen LogP contribution in [-0.4, -0.2) is 59.8 Å². The van der Waals surface area contributed by atoms with Crippen molar-refractivity contribution in [1.82, 2.24) is 9.80 Å². The summed E-state index contributed by atoms with van der Waals surface area (Å²) in [6.45, 7) is 10.5. The predicted octanol–water partition coefficient (Wildman–Crippen LogP) is 4.70. The monoisotopic (exact) mass is 490 g/mol. The highest BCUT2D eigenvalue weighted by Gasteiger charge is 2.33. The molecule has 0 spiro atoms. The molecule has 4 rings (SSSR count). The van der Waals surface area contributed by atoms with Crippen molar-refractivity contribution in [1.29, 1.82) is 5.26 Å². The number of fused-ring (bicyclic) bond motifs is 1. The fourth-order valence-electron chi connectivity index (χ4n) is 4.79. The molecule has 0 radical (unpaired) electrons. The number of benzene rings is 2. The number of anilines is 1. The topological polar surface area (TPSA) is 86.1 Å². The van der Waals surface area contributed by atoms with Crippen LogP contribution in [-0.2, 0) is 29.0 Å². The number of hydrogen-bond acceptors (Lipinski definition) is 6. The molecule has 1 atom stereocenters. The third-order valence-electron chi connectivity index (χ3n) is 6.57. The molecule has 0 N–H and O–H groups in total. The summed E-state index contributed by atoms with van der Waals surface area (Å²) in [5, 5.41) is 9.68. The zero-order valence-electron chi connectivity index (χ0n) is 21.5. The Morgan fingerprint density at radius 1 is 1.03 bits per heavy atom. The Labute approximate surface area is 213 Å². The lowest BCUT2D eigenvalue weighted by Crippen LogP contribution is -2.55. The van der Waals surface area contributed by atoms with Gasteiger partial charge >= 0.3 is 12.2 Å². The SMILES string of the molecule is C[C@@H]1CN(c2ccc(C#N)c3c2CN(C(=O)OCc2ccccc2)CC3)CCN1C(=O)OC(C)(C)C. The second kappa shape index (κ2) is 10.5. The van der Waals surface area contributed by atoms with Crippen molar-refractivity contribution >= 4 is 17.9 Å². The van der Waals surface area contributed by atoms with Crippen LogP contribution in [0.2, 0.25) is 0 Å². The van der Waals surface area contributed by atoms with Crippen LogP contribution in [0.1, 0.15) is 49.9 Å². The molecular formula is C28H34N4O4. The molecule has 2 aromatic carbocycles. The van der Waals surface area contributed by atoms with Crippen molar-refractivity contribution in [3.05, 3.63) is 64.7 Å². The molecule has 190 valence electrons. The molecule has 8 nitrogen and oxygen atoms in total. The lowest BCUT2D eigenvalue weighted by Gasteiger charge is -2.42. The molecule has 2 amide bonds. The molecule has 2 aliphatic rings. The van der Waals surface area contributed by atoms with Crippen molar-refractivity contribution in [2.45, 2.75) is 58.9 Å². The quantitative estimate of drug-likeness (QED) is 0.620. The van der Waals surface area contributed by atoms with Gasteiger partial charge in [-0.05, 0) is 62.9 Å². The Hall–Kier alpha value is -3.73. The van der Waals surface area contributed by atoms with Crippen molar-refractivity contribution in [3.8, 4) is 6.07 Å². The van der Waals surface area contributed by atoms with Gasteiger partial charge in [0.1, 0.15) is 12.2 Å². The zero-order chi connectivity index (χ0) is 25.9. The molecule has 2 heterocycles. The van der Waals surface area contributed by atoms with E-state index in [9.17, 15) is 14.9 Å². The number of carbonyl (C=O) groups is 2. The van der Waals surface area contributed by atoms with Gasteiger partial charge in [-0.15, -0.1) is 0 Å². The van der Waals surface area contributed by atoms with Crippen molar-refractivity contribution in [2.75, 3.05) is 31.1 Å². The molecule has 0 unspecified atom stereocenters. The van der Waals surface area contributed by atoms with Gasteiger partial charge in [0.15, 0.2) is 0 Å². The number of nitrogens with zero attached hydrogens (tertiary/aromatic N) is 4. The van der Waals surface area contributed by atoms with Gasteiger partial charge in [-0.1, -0.05) is 30.3 Å². The molecule has 0 aromatic heterocycles. The Balaban J connectivity index is 1.49. The first kappa shape index (κ1) is 25.4. The molecule has 1 fully saturated rings. The van der Waals surface area contributed by atoms with E-state index < -0.39 is 5.60 Å². The molecule has 36 heavy (non-hydrogen) atoms. The zero-order valence-corrected chi connectivity index (χ0v) is 21.5. The summed E-state index contributed by atoms with van der Waals surface area (Å²) in [6.07, 6.45) is -0.0651. The molecule has 8 heteroatoms. The summed E-state index contributed by atoms with van der Waals surface area (Å²) in [6, 6.07) is 15.7. The first-order chi connectivity index (χ1) is 17.2. The van der Waals surface area contributed by atoms with Crippen molar-refractivity contribution < 1.29 is 19.1 Å². The number of nitriles is 1. The fraction of sp³-hybridized carbons (Fsp3) is 0.464. The van der Waals surface area contributed by atoms with Crippen LogP contribution >= 0.6 is 0 Å². The second-order valence-electron chi connectivity index (χ2n) is 10.4. The van der Waals surface area contributed by atoms with Gasteiger partial charge in [0, 0.05) is 37.9 Å². The first-order valence-electron chi connectivity index (χ1n) is 12.4. The highest BCUT2D eigenvalue weighted by atomic mass is 16.6. The highest BCUT2D eigenvalue weighted by Crippen LogP contribution is 2.33. The molecule has 0 bridgehead atoms. The van der Waals surface area contributed by atoms with Crippen LogP contribution < -0.4 is 4.90 Å². The van der Waals surface area contributed by atoms with Crippen LogP contribution in [0, 0.1) is 11.3 Å². The predicted molar refractivity (Wildman–Crippen MR) is 137 cm³/mol. The Morgan fingerprint density at radius 3 is 2.44 bits per heavy atom. The summed E-state index contributed by atoms with van der Waals surface area (Å²) in [5.41, 5.74) is 4.01. The minimum absolute atomic E-state index is 0.0459. The van der Waals surface area contributed by atoms with E-state index in [1.54, 1.807) is 9.80 Å². The van der Waals surface area contributed by atoms with Crippen LogP contribution in [0.5, 0.6) is 0 Å². The van der Waals surface area contributed by atoms with E-state index in [0.29, 0.717) is 44.7 Å². The summed E-state index contributed by atoms with van der Waals surface area (Å²) >= 11 is 0. The van der Waals surface area contributed by atoms with E-state index in [-0.39, 0.29) is 24.8 Å². The van der Waals surface area contributed by atoms with Crippen molar-refractivity contribution in [2.24, 2.45) is 0 Å². The molecule has 1 saturated heterocycles. The molecule has 0 saturated carbocycles. The normalized spacial score (nSPS) is 17.8. The highest BCUT2D eigenvalue weighted by molar-refractivity contribution is 5.71. The lowest BCUT2D eigenvalue weighted by atomic mass is 9.92.